The predicted octanol–water partition coefficient (Wildman–Crippen LogP) is 0.838. The van der Waals surface area contributed by atoms with E-state index in [1.807, 2.05) is 6.92 Å². The molecule has 104 valence electrons. The Morgan fingerprint density at radius 2 is 2.21 bits per heavy atom. The summed E-state index contributed by atoms with van der Waals surface area (Å²) in [4.78, 5) is 16.5. The summed E-state index contributed by atoms with van der Waals surface area (Å²) in [6.45, 7) is 3.40. The first-order valence-electron chi connectivity index (χ1n) is 6.59. The van der Waals surface area contributed by atoms with Gasteiger partial charge in [0.15, 0.2) is 0 Å². The summed E-state index contributed by atoms with van der Waals surface area (Å²) >= 11 is 0. The molecule has 0 aromatic carbocycles. The number of carbonyl (C=O) groups excluding carboxylic acids is 1. The van der Waals surface area contributed by atoms with Gasteiger partial charge in [0.25, 0.3) is 5.91 Å². The van der Waals surface area contributed by atoms with Crippen molar-refractivity contribution in [1.29, 1.82) is 0 Å². The molecule has 1 saturated heterocycles. The van der Waals surface area contributed by atoms with Gasteiger partial charge in [-0.1, -0.05) is 6.92 Å². The molecule has 4 N–H and O–H groups in total. The number of hydrogen-bond acceptors (Lipinski definition) is 5. The molecule has 0 bridgehead atoms. The van der Waals surface area contributed by atoms with E-state index in [0.717, 1.165) is 25.0 Å². The Bertz CT molecular complexity index is 422. The number of nitrogens with one attached hydrogen (secondary N) is 2. The molecule has 1 fully saturated rings. The third kappa shape index (κ3) is 3.65. The molecule has 1 aromatic rings. The lowest BCUT2D eigenvalue weighted by Gasteiger charge is -2.23. The molecule has 1 aliphatic heterocycles. The van der Waals surface area contributed by atoms with Crippen molar-refractivity contribution in [3.05, 3.63) is 23.4 Å². The number of nitrogens with two attached hydrogens (primary N) is 1. The molecule has 19 heavy (non-hydrogen) atoms. The van der Waals surface area contributed by atoms with Gasteiger partial charge in [-0.15, -0.1) is 0 Å². The zero-order chi connectivity index (χ0) is 13.7. The maximum absolute atomic E-state index is 12.2. The van der Waals surface area contributed by atoms with E-state index in [1.165, 1.54) is 0 Å². The van der Waals surface area contributed by atoms with Crippen LogP contribution >= 0.6 is 0 Å². The summed E-state index contributed by atoms with van der Waals surface area (Å²) in [5.41, 5.74) is 3.92. The van der Waals surface area contributed by atoms with Crippen LogP contribution in [0.15, 0.2) is 12.1 Å². The zero-order valence-electron chi connectivity index (χ0n) is 11.1. The highest BCUT2D eigenvalue weighted by atomic mass is 16.5. The van der Waals surface area contributed by atoms with E-state index >= 15 is 0 Å². The fraction of sp³-hybridized carbons (Fsp3) is 0.538. The summed E-state index contributed by atoms with van der Waals surface area (Å²) < 4.78 is 5.27. The second kappa shape index (κ2) is 6.49. The molecule has 6 nitrogen and oxygen atoms in total. The minimum Gasteiger partial charge on any atom is -0.381 e. The number of amides is 1. The largest absolute Gasteiger partial charge is 0.381 e. The van der Waals surface area contributed by atoms with Crippen molar-refractivity contribution >= 4 is 11.7 Å². The van der Waals surface area contributed by atoms with Crippen LogP contribution in [0, 0.1) is 0 Å². The Kier molecular flexibility index (Phi) is 4.70. The monoisotopic (exact) mass is 264 g/mol. The SMILES string of the molecule is CCc1cc(C(=O)NC2CCOCC2)cc(NN)n1. The smallest absolute Gasteiger partial charge is 0.251 e. The number of nitrogens with zero attached hydrogens (tertiary/aromatic N) is 1. The maximum atomic E-state index is 12.2. The molecule has 2 rings (SSSR count). The quantitative estimate of drug-likeness (QED) is 0.554. The Balaban J connectivity index is 2.08. The van der Waals surface area contributed by atoms with Crippen LogP contribution in [0.4, 0.5) is 5.82 Å². The lowest BCUT2D eigenvalue weighted by molar-refractivity contribution is 0.0696. The molecule has 0 atom stereocenters. The number of hydrazine groups is 1. The second-order valence-corrected chi connectivity index (χ2v) is 4.59. The average Bonchev–Trinajstić information content (AvgIpc) is 2.47. The van der Waals surface area contributed by atoms with E-state index in [9.17, 15) is 4.79 Å². The highest BCUT2D eigenvalue weighted by molar-refractivity contribution is 5.95. The molecule has 0 radical (unpaired) electrons. The van der Waals surface area contributed by atoms with Crippen molar-refractivity contribution in [1.82, 2.24) is 10.3 Å². The third-order valence-electron chi connectivity index (χ3n) is 3.21. The number of ether oxygens (including phenoxy) is 1. The van der Waals surface area contributed by atoms with Gasteiger partial charge in [0, 0.05) is 30.5 Å². The van der Waals surface area contributed by atoms with Crippen LogP contribution in [-0.2, 0) is 11.2 Å². The van der Waals surface area contributed by atoms with Crippen molar-refractivity contribution in [3.8, 4) is 0 Å². The summed E-state index contributed by atoms with van der Waals surface area (Å²) in [6.07, 6.45) is 2.48. The number of hydrogen-bond donors (Lipinski definition) is 3. The Hall–Kier alpha value is -1.66. The summed E-state index contributed by atoms with van der Waals surface area (Å²) in [6, 6.07) is 3.65. The second-order valence-electron chi connectivity index (χ2n) is 4.59. The minimum atomic E-state index is -0.0829. The van der Waals surface area contributed by atoms with Gasteiger partial charge >= 0.3 is 0 Å². The van der Waals surface area contributed by atoms with Gasteiger partial charge in [0.2, 0.25) is 0 Å². The maximum Gasteiger partial charge on any atom is 0.251 e. The number of pyridine rings is 1. The number of nitrogen functional groups attached to an aromatic ring is 1. The van der Waals surface area contributed by atoms with Crippen molar-refractivity contribution in [2.45, 2.75) is 32.2 Å². The van der Waals surface area contributed by atoms with Gasteiger partial charge in [-0.2, -0.15) is 0 Å². The molecule has 0 spiro atoms. The molecular formula is C13H20N4O2. The Labute approximate surface area is 112 Å². The first kappa shape index (κ1) is 13.8. The van der Waals surface area contributed by atoms with Crippen LogP contribution in [0.5, 0.6) is 0 Å². The van der Waals surface area contributed by atoms with Crippen LogP contribution in [0.25, 0.3) is 0 Å². The average molecular weight is 264 g/mol. The van der Waals surface area contributed by atoms with E-state index in [4.69, 9.17) is 10.6 Å². The molecule has 0 unspecified atom stereocenters. The molecule has 1 amide bonds. The van der Waals surface area contributed by atoms with E-state index < -0.39 is 0 Å². The first-order chi connectivity index (χ1) is 9.22. The van der Waals surface area contributed by atoms with Crippen LogP contribution < -0.4 is 16.6 Å². The molecule has 0 aliphatic carbocycles. The van der Waals surface area contributed by atoms with Crippen molar-refractivity contribution in [3.63, 3.8) is 0 Å². The van der Waals surface area contributed by atoms with Crippen LogP contribution in [-0.4, -0.2) is 30.1 Å². The van der Waals surface area contributed by atoms with E-state index in [0.29, 0.717) is 24.6 Å². The molecular weight excluding hydrogens is 244 g/mol. The normalized spacial score (nSPS) is 16.1. The van der Waals surface area contributed by atoms with E-state index in [1.54, 1.807) is 12.1 Å². The van der Waals surface area contributed by atoms with Crippen molar-refractivity contribution in [2.24, 2.45) is 5.84 Å². The fourth-order valence-electron chi connectivity index (χ4n) is 2.08. The highest BCUT2D eigenvalue weighted by Crippen LogP contribution is 2.12. The Morgan fingerprint density at radius 3 is 2.84 bits per heavy atom. The number of rotatable bonds is 4. The number of carbonyl (C=O) groups is 1. The van der Waals surface area contributed by atoms with Crippen molar-refractivity contribution < 1.29 is 9.53 Å². The molecule has 6 heteroatoms. The van der Waals surface area contributed by atoms with E-state index in [2.05, 4.69) is 15.7 Å². The number of aryl methyl sites for hydroxylation is 1. The lowest BCUT2D eigenvalue weighted by atomic mass is 10.1. The minimum absolute atomic E-state index is 0.0829. The van der Waals surface area contributed by atoms with E-state index in [-0.39, 0.29) is 11.9 Å². The lowest BCUT2D eigenvalue weighted by Crippen LogP contribution is -2.39. The zero-order valence-corrected chi connectivity index (χ0v) is 11.1. The Morgan fingerprint density at radius 1 is 1.47 bits per heavy atom. The number of anilines is 1. The van der Waals surface area contributed by atoms with Gasteiger partial charge in [-0.05, 0) is 31.4 Å². The van der Waals surface area contributed by atoms with Gasteiger partial charge in [-0.3, -0.25) is 4.79 Å². The van der Waals surface area contributed by atoms with Gasteiger partial charge < -0.3 is 15.5 Å². The number of aromatic nitrogens is 1. The topological polar surface area (TPSA) is 89.3 Å². The molecule has 2 heterocycles. The van der Waals surface area contributed by atoms with Crippen LogP contribution in [0.2, 0.25) is 0 Å². The summed E-state index contributed by atoms with van der Waals surface area (Å²) in [5, 5.41) is 3.02. The van der Waals surface area contributed by atoms with Gasteiger partial charge in [0.05, 0.1) is 0 Å². The third-order valence-corrected chi connectivity index (χ3v) is 3.21. The molecule has 1 aromatic heterocycles. The van der Waals surface area contributed by atoms with Crippen LogP contribution in [0.3, 0.4) is 0 Å². The van der Waals surface area contributed by atoms with Gasteiger partial charge in [-0.25, -0.2) is 10.8 Å². The predicted molar refractivity (Wildman–Crippen MR) is 72.7 cm³/mol. The standard InChI is InChI=1S/C13H20N4O2/c1-2-10-7-9(8-12(15-10)17-14)13(18)16-11-3-5-19-6-4-11/h7-8,11H,2-6,14H2,1H3,(H,15,17)(H,16,18). The summed E-state index contributed by atoms with van der Waals surface area (Å²) in [5.74, 6) is 5.79. The van der Waals surface area contributed by atoms with Crippen LogP contribution in [0.1, 0.15) is 35.8 Å². The highest BCUT2D eigenvalue weighted by Gasteiger charge is 2.17. The first-order valence-corrected chi connectivity index (χ1v) is 6.59. The molecule has 1 aliphatic rings. The summed E-state index contributed by atoms with van der Waals surface area (Å²) in [7, 11) is 0. The van der Waals surface area contributed by atoms with Gasteiger partial charge in [0.1, 0.15) is 5.82 Å². The molecule has 0 saturated carbocycles. The fourth-order valence-corrected chi connectivity index (χ4v) is 2.08. The van der Waals surface area contributed by atoms with Crippen molar-refractivity contribution in [2.75, 3.05) is 18.6 Å².